The van der Waals surface area contributed by atoms with Gasteiger partial charge in [-0.3, -0.25) is 0 Å². The fourth-order valence-corrected chi connectivity index (χ4v) is 1.92. The van der Waals surface area contributed by atoms with Gasteiger partial charge in [-0.15, -0.1) is 5.10 Å². The van der Waals surface area contributed by atoms with Crippen LogP contribution in [0.5, 0.6) is 5.75 Å². The zero-order valence-electron chi connectivity index (χ0n) is 11.9. The number of ether oxygens (including phenoxy) is 1. The van der Waals surface area contributed by atoms with Crippen molar-refractivity contribution in [1.82, 2.24) is 5.43 Å². The number of methoxy groups -OCH3 is 1. The summed E-state index contributed by atoms with van der Waals surface area (Å²) >= 11 is 6.06. The van der Waals surface area contributed by atoms with Crippen LogP contribution in [0.2, 0.25) is 5.02 Å². The Hall–Kier alpha value is -3.07. The predicted molar refractivity (Wildman–Crippen MR) is 85.1 cm³/mol. The summed E-state index contributed by atoms with van der Waals surface area (Å²) < 4.78 is 10.6. The number of nitrogens with two attached hydrogens (primary N) is 1. The molecule has 120 valence electrons. The standard InChI is InChI=1S/C13H12ClN5O4/c1-22-12-4-2-8(6-10(12)14)11-5-3-9(23-11)7-16-17-13(15)18-19(20)21/h2-7H,1H3,(H3,15,17,18)/b16-7+. The van der Waals surface area contributed by atoms with Crippen LogP contribution in [0.4, 0.5) is 0 Å². The molecule has 10 heteroatoms. The third kappa shape index (κ3) is 4.45. The van der Waals surface area contributed by atoms with E-state index in [1.165, 1.54) is 13.3 Å². The summed E-state index contributed by atoms with van der Waals surface area (Å²) in [5.41, 5.74) is 7.62. The first-order valence-electron chi connectivity index (χ1n) is 6.21. The van der Waals surface area contributed by atoms with Crippen LogP contribution in [0.1, 0.15) is 5.76 Å². The maximum absolute atomic E-state index is 10.1. The second-order valence-corrected chi connectivity index (χ2v) is 4.56. The number of nitrogens with zero attached hydrogens (tertiary/aromatic N) is 3. The molecule has 1 aromatic heterocycles. The van der Waals surface area contributed by atoms with Crippen LogP contribution in [-0.2, 0) is 0 Å². The molecule has 23 heavy (non-hydrogen) atoms. The molecule has 1 aromatic carbocycles. The fraction of sp³-hybridized carbons (Fsp3) is 0.0769. The molecule has 0 amide bonds. The molecule has 2 rings (SSSR count). The van der Waals surface area contributed by atoms with E-state index >= 15 is 0 Å². The minimum absolute atomic E-state index is 0.393. The number of nitrogens with one attached hydrogen (secondary N) is 1. The summed E-state index contributed by atoms with van der Waals surface area (Å²) in [5, 5.41) is 16.7. The van der Waals surface area contributed by atoms with Crippen LogP contribution in [0.3, 0.4) is 0 Å². The van der Waals surface area contributed by atoms with Crippen LogP contribution in [0.15, 0.2) is 45.0 Å². The monoisotopic (exact) mass is 337 g/mol. The molecule has 0 fully saturated rings. The van der Waals surface area contributed by atoms with Crippen molar-refractivity contribution in [3.63, 3.8) is 0 Å². The summed E-state index contributed by atoms with van der Waals surface area (Å²) in [4.78, 5) is 10.1. The number of hydrazine groups is 1. The van der Waals surface area contributed by atoms with Gasteiger partial charge in [0.15, 0.2) is 5.03 Å². The molecule has 3 N–H and O–H groups in total. The van der Waals surface area contributed by atoms with Crippen molar-refractivity contribution in [1.29, 1.82) is 0 Å². The molecule has 0 spiro atoms. The van der Waals surface area contributed by atoms with Gasteiger partial charge in [0.2, 0.25) is 0 Å². The Balaban J connectivity index is 2.11. The van der Waals surface area contributed by atoms with Crippen LogP contribution in [0, 0.1) is 10.1 Å². The van der Waals surface area contributed by atoms with E-state index in [9.17, 15) is 10.1 Å². The van der Waals surface area contributed by atoms with Gasteiger partial charge in [0.1, 0.15) is 17.3 Å². The van der Waals surface area contributed by atoms with Crippen molar-refractivity contribution >= 4 is 23.8 Å². The number of guanidine groups is 1. The Kier molecular flexibility index (Phi) is 5.15. The van der Waals surface area contributed by atoms with Crippen molar-refractivity contribution in [3.8, 4) is 17.1 Å². The predicted octanol–water partition coefficient (Wildman–Crippen LogP) is 2.04. The summed E-state index contributed by atoms with van der Waals surface area (Å²) in [7, 11) is 1.53. The number of nitro groups is 1. The van der Waals surface area contributed by atoms with Crippen molar-refractivity contribution in [2.45, 2.75) is 0 Å². The Morgan fingerprint density at radius 2 is 2.26 bits per heavy atom. The van der Waals surface area contributed by atoms with E-state index in [-0.39, 0.29) is 0 Å². The topological polar surface area (TPSA) is 128 Å². The fourth-order valence-electron chi connectivity index (χ4n) is 1.66. The highest BCUT2D eigenvalue weighted by molar-refractivity contribution is 6.32. The molecule has 0 radical (unpaired) electrons. The summed E-state index contributed by atoms with van der Waals surface area (Å²) in [6.45, 7) is 0. The Labute approximate surface area is 135 Å². The van der Waals surface area contributed by atoms with Gasteiger partial charge in [-0.2, -0.15) is 5.10 Å². The highest BCUT2D eigenvalue weighted by Gasteiger charge is 2.07. The normalized spacial score (nSPS) is 11.7. The minimum atomic E-state index is -0.841. The van der Waals surface area contributed by atoms with Crippen molar-refractivity contribution in [2.24, 2.45) is 15.9 Å². The van der Waals surface area contributed by atoms with Gasteiger partial charge in [-0.25, -0.2) is 10.1 Å². The molecular weight excluding hydrogens is 326 g/mol. The largest absolute Gasteiger partial charge is 0.495 e. The van der Waals surface area contributed by atoms with Gasteiger partial charge < -0.3 is 14.9 Å². The Bertz CT molecular complexity index is 771. The zero-order chi connectivity index (χ0) is 16.8. The molecule has 9 nitrogen and oxygen atoms in total. The molecule has 1 heterocycles. The lowest BCUT2D eigenvalue weighted by Gasteiger charge is -2.03. The first-order valence-corrected chi connectivity index (χ1v) is 6.58. The maximum Gasteiger partial charge on any atom is 0.275 e. The van der Waals surface area contributed by atoms with E-state index in [1.807, 2.05) is 0 Å². The van der Waals surface area contributed by atoms with E-state index in [4.69, 9.17) is 26.5 Å². The molecule has 0 atom stereocenters. The lowest BCUT2D eigenvalue weighted by atomic mass is 10.2. The number of hydrogen-bond donors (Lipinski definition) is 2. The summed E-state index contributed by atoms with van der Waals surface area (Å²) in [6, 6.07) is 8.60. The molecule has 0 bridgehead atoms. The number of benzene rings is 1. The minimum Gasteiger partial charge on any atom is -0.495 e. The van der Waals surface area contributed by atoms with Gasteiger partial charge in [0, 0.05) is 5.56 Å². The van der Waals surface area contributed by atoms with Gasteiger partial charge in [-0.1, -0.05) is 17.0 Å². The molecule has 0 aliphatic rings. The SMILES string of the molecule is COc1ccc(-c2ccc(/C=N/N=C(N)N[N+](=O)[O-])o2)cc1Cl. The molecular formula is C13H12ClN5O4. The van der Waals surface area contributed by atoms with E-state index < -0.39 is 11.0 Å². The number of furan rings is 1. The third-order valence-electron chi connectivity index (χ3n) is 2.62. The van der Waals surface area contributed by atoms with Crippen molar-refractivity contribution in [3.05, 3.63) is 51.2 Å². The van der Waals surface area contributed by atoms with Crippen LogP contribution < -0.4 is 15.9 Å². The van der Waals surface area contributed by atoms with Gasteiger partial charge in [0.25, 0.3) is 5.96 Å². The zero-order valence-corrected chi connectivity index (χ0v) is 12.6. The molecule has 0 saturated heterocycles. The number of halogens is 1. The average molecular weight is 338 g/mol. The Morgan fingerprint density at radius 3 is 2.91 bits per heavy atom. The van der Waals surface area contributed by atoms with Crippen molar-refractivity contribution in [2.75, 3.05) is 7.11 Å². The van der Waals surface area contributed by atoms with E-state index in [1.54, 1.807) is 35.8 Å². The van der Waals surface area contributed by atoms with Crippen LogP contribution in [0.25, 0.3) is 11.3 Å². The molecule has 0 unspecified atom stereocenters. The van der Waals surface area contributed by atoms with E-state index in [0.29, 0.717) is 22.3 Å². The second kappa shape index (κ2) is 7.27. The molecule has 2 aromatic rings. The molecule has 0 saturated carbocycles. The molecule has 0 aliphatic heterocycles. The van der Waals surface area contributed by atoms with Crippen LogP contribution >= 0.6 is 11.6 Å². The average Bonchev–Trinajstić information content (AvgIpc) is 2.95. The molecule has 0 aliphatic carbocycles. The first kappa shape index (κ1) is 16.3. The van der Waals surface area contributed by atoms with Gasteiger partial charge in [0.05, 0.1) is 18.3 Å². The maximum atomic E-state index is 10.1. The highest BCUT2D eigenvalue weighted by atomic mass is 35.5. The van der Waals surface area contributed by atoms with E-state index in [0.717, 1.165) is 5.56 Å². The number of hydrogen-bond acceptors (Lipinski definition) is 6. The van der Waals surface area contributed by atoms with Crippen molar-refractivity contribution < 1.29 is 14.2 Å². The first-order chi connectivity index (χ1) is 11.0. The Morgan fingerprint density at radius 1 is 1.48 bits per heavy atom. The smallest absolute Gasteiger partial charge is 0.275 e. The van der Waals surface area contributed by atoms with E-state index in [2.05, 4.69) is 10.2 Å². The van der Waals surface area contributed by atoms with Gasteiger partial charge >= 0.3 is 0 Å². The second-order valence-electron chi connectivity index (χ2n) is 4.15. The highest BCUT2D eigenvalue weighted by Crippen LogP contribution is 2.30. The number of rotatable bonds is 5. The lowest BCUT2D eigenvalue weighted by molar-refractivity contribution is -0.525. The lowest BCUT2D eigenvalue weighted by Crippen LogP contribution is -2.35. The quantitative estimate of drug-likeness (QED) is 0.372. The van der Waals surface area contributed by atoms with Gasteiger partial charge in [-0.05, 0) is 30.3 Å². The summed E-state index contributed by atoms with van der Waals surface area (Å²) in [5.74, 6) is 1.08. The summed E-state index contributed by atoms with van der Waals surface area (Å²) in [6.07, 6.45) is 1.27. The van der Waals surface area contributed by atoms with Crippen LogP contribution in [-0.4, -0.2) is 24.3 Å². The third-order valence-corrected chi connectivity index (χ3v) is 2.91.